The fraction of sp³-hybridized carbons (Fsp3) is 0.700. The molecular formula is C20H35N7O3. The predicted molar refractivity (Wildman–Crippen MR) is 115 cm³/mol. The molecule has 2 rings (SSSR count). The normalized spacial score (nSPS) is 15.5. The van der Waals surface area contributed by atoms with Crippen molar-refractivity contribution in [3.8, 4) is 0 Å². The van der Waals surface area contributed by atoms with Crippen LogP contribution < -0.4 is 15.8 Å². The molecule has 0 radical (unpaired) electrons. The van der Waals surface area contributed by atoms with Crippen LogP contribution in [-0.2, 0) is 16.0 Å². The standard InChI is InChI=1S/C20H35N7O3/c1-4-6-7-8-16(14-27(30)15-28)19(29)23-24-20-21-17(5-2)13-18(22-20)26-11-9-25(3)10-12-26/h13,15-16,30H,4-12,14H2,1-3H3,(H,23,29)(H,21,22,24)/t16-/m0/s1. The van der Waals surface area contributed by atoms with Crippen LogP contribution in [0.1, 0.15) is 45.2 Å². The Morgan fingerprint density at radius 2 is 2.00 bits per heavy atom. The summed E-state index contributed by atoms with van der Waals surface area (Å²) in [5.41, 5.74) is 6.36. The summed E-state index contributed by atoms with van der Waals surface area (Å²) in [5, 5.41) is 10.0. The summed E-state index contributed by atoms with van der Waals surface area (Å²) in [6.45, 7) is 7.77. The van der Waals surface area contributed by atoms with Crippen molar-refractivity contribution in [3.05, 3.63) is 11.8 Å². The van der Waals surface area contributed by atoms with Gasteiger partial charge in [-0.05, 0) is 19.9 Å². The van der Waals surface area contributed by atoms with Gasteiger partial charge in [-0.15, -0.1) is 0 Å². The quantitative estimate of drug-likeness (QED) is 0.200. The van der Waals surface area contributed by atoms with E-state index in [4.69, 9.17) is 0 Å². The molecule has 1 atom stereocenters. The summed E-state index contributed by atoms with van der Waals surface area (Å²) < 4.78 is 0. The fourth-order valence-electron chi connectivity index (χ4n) is 3.35. The van der Waals surface area contributed by atoms with Gasteiger partial charge in [0.2, 0.25) is 18.3 Å². The van der Waals surface area contributed by atoms with Crippen LogP contribution in [0, 0.1) is 5.92 Å². The third kappa shape index (κ3) is 7.42. The number of piperazine rings is 1. The Kier molecular flexibility index (Phi) is 9.75. The topological polar surface area (TPSA) is 114 Å². The summed E-state index contributed by atoms with van der Waals surface area (Å²) in [5.74, 6) is 0.346. The first-order chi connectivity index (χ1) is 14.5. The lowest BCUT2D eigenvalue weighted by molar-refractivity contribution is -0.154. The first-order valence-corrected chi connectivity index (χ1v) is 10.7. The maximum Gasteiger partial charge on any atom is 0.243 e. The van der Waals surface area contributed by atoms with Crippen molar-refractivity contribution in [2.24, 2.45) is 5.92 Å². The first kappa shape index (κ1) is 23.8. The lowest BCUT2D eigenvalue weighted by Gasteiger charge is -2.33. The highest BCUT2D eigenvalue weighted by Gasteiger charge is 2.21. The minimum Gasteiger partial charge on any atom is -0.354 e. The number of amides is 2. The third-order valence-electron chi connectivity index (χ3n) is 5.31. The number of hydrogen-bond donors (Lipinski definition) is 3. The minimum absolute atomic E-state index is 0.0525. The molecule has 1 aromatic heterocycles. The molecule has 0 aromatic carbocycles. The van der Waals surface area contributed by atoms with Crippen molar-refractivity contribution < 1.29 is 14.8 Å². The molecule has 1 aliphatic heterocycles. The number of anilines is 2. The number of unbranched alkanes of at least 4 members (excludes halogenated alkanes) is 2. The van der Waals surface area contributed by atoms with Crippen molar-refractivity contribution in [2.75, 3.05) is 50.1 Å². The largest absolute Gasteiger partial charge is 0.354 e. The predicted octanol–water partition coefficient (Wildman–Crippen LogP) is 1.28. The Morgan fingerprint density at radius 3 is 2.63 bits per heavy atom. The SMILES string of the molecule is CCCCC[C@@H](CN(O)C=O)C(=O)NNc1nc(CC)cc(N2CCN(C)CC2)n1. The van der Waals surface area contributed by atoms with Gasteiger partial charge in [0.15, 0.2) is 0 Å². The number of rotatable bonds is 12. The number of nitrogens with zero attached hydrogens (tertiary/aromatic N) is 5. The van der Waals surface area contributed by atoms with E-state index in [9.17, 15) is 14.8 Å². The first-order valence-electron chi connectivity index (χ1n) is 10.7. The highest BCUT2D eigenvalue weighted by Crippen LogP contribution is 2.17. The van der Waals surface area contributed by atoms with E-state index >= 15 is 0 Å². The van der Waals surface area contributed by atoms with Gasteiger partial charge in [-0.25, -0.2) is 10.0 Å². The molecule has 2 heterocycles. The van der Waals surface area contributed by atoms with E-state index < -0.39 is 5.92 Å². The number of aryl methyl sites for hydroxylation is 1. The van der Waals surface area contributed by atoms with Crippen LogP contribution in [0.4, 0.5) is 11.8 Å². The Hall–Kier alpha value is -2.46. The van der Waals surface area contributed by atoms with Gasteiger partial charge < -0.3 is 9.80 Å². The molecule has 0 saturated carbocycles. The molecule has 168 valence electrons. The second-order valence-corrected chi connectivity index (χ2v) is 7.72. The second-order valence-electron chi connectivity index (χ2n) is 7.72. The average Bonchev–Trinajstić information content (AvgIpc) is 2.76. The lowest BCUT2D eigenvalue weighted by Crippen LogP contribution is -2.45. The van der Waals surface area contributed by atoms with Gasteiger partial charge in [0.25, 0.3) is 0 Å². The molecule has 0 aliphatic carbocycles. The zero-order chi connectivity index (χ0) is 21.9. The molecule has 1 aliphatic rings. The number of nitrogens with one attached hydrogen (secondary N) is 2. The fourth-order valence-corrected chi connectivity index (χ4v) is 3.35. The summed E-state index contributed by atoms with van der Waals surface area (Å²) in [6.07, 6.45) is 4.49. The zero-order valence-electron chi connectivity index (χ0n) is 18.3. The number of hydrogen-bond acceptors (Lipinski definition) is 8. The van der Waals surface area contributed by atoms with Crippen LogP contribution in [0.5, 0.6) is 0 Å². The molecule has 0 unspecified atom stereocenters. The van der Waals surface area contributed by atoms with Crippen molar-refractivity contribution in [3.63, 3.8) is 0 Å². The van der Waals surface area contributed by atoms with Gasteiger partial charge in [0.1, 0.15) is 5.82 Å². The molecule has 1 saturated heterocycles. The number of carbonyl (C=O) groups is 2. The monoisotopic (exact) mass is 421 g/mol. The summed E-state index contributed by atoms with van der Waals surface area (Å²) in [4.78, 5) is 36.9. The van der Waals surface area contributed by atoms with E-state index in [0.717, 1.165) is 63.4 Å². The Morgan fingerprint density at radius 1 is 1.27 bits per heavy atom. The smallest absolute Gasteiger partial charge is 0.243 e. The maximum atomic E-state index is 12.6. The van der Waals surface area contributed by atoms with E-state index in [-0.39, 0.29) is 12.5 Å². The maximum absolute atomic E-state index is 12.6. The molecular weight excluding hydrogens is 386 g/mol. The average molecular weight is 422 g/mol. The molecule has 1 fully saturated rings. The van der Waals surface area contributed by atoms with Crippen LogP contribution in [0.2, 0.25) is 0 Å². The van der Waals surface area contributed by atoms with Gasteiger partial charge in [0.05, 0.1) is 12.5 Å². The van der Waals surface area contributed by atoms with Gasteiger partial charge in [-0.3, -0.25) is 25.6 Å². The van der Waals surface area contributed by atoms with E-state index in [1.165, 1.54) is 0 Å². The summed E-state index contributed by atoms with van der Waals surface area (Å²) in [6, 6.07) is 1.99. The minimum atomic E-state index is -0.522. The number of hydrazine groups is 1. The van der Waals surface area contributed by atoms with Crippen LogP contribution in [-0.4, -0.2) is 77.2 Å². The number of hydroxylamine groups is 2. The molecule has 10 heteroatoms. The second kappa shape index (κ2) is 12.3. The number of carbonyl (C=O) groups excluding carboxylic acids is 2. The lowest BCUT2D eigenvalue weighted by atomic mass is 10.0. The summed E-state index contributed by atoms with van der Waals surface area (Å²) in [7, 11) is 2.10. The number of likely N-dealkylation sites (N-methyl/N-ethyl adjacent to an activating group) is 1. The molecule has 0 bridgehead atoms. The van der Waals surface area contributed by atoms with E-state index in [2.05, 4.69) is 44.6 Å². The van der Waals surface area contributed by atoms with Crippen molar-refractivity contribution in [1.82, 2.24) is 25.4 Å². The van der Waals surface area contributed by atoms with E-state index in [1.54, 1.807) is 0 Å². The highest BCUT2D eigenvalue weighted by molar-refractivity contribution is 5.80. The Labute approximate surface area is 178 Å². The highest BCUT2D eigenvalue weighted by atomic mass is 16.5. The molecule has 0 spiro atoms. The van der Waals surface area contributed by atoms with Crippen LogP contribution in [0.3, 0.4) is 0 Å². The Bertz CT molecular complexity index is 680. The van der Waals surface area contributed by atoms with Gasteiger partial charge in [-0.1, -0.05) is 33.1 Å². The van der Waals surface area contributed by atoms with Crippen LogP contribution in [0.15, 0.2) is 6.07 Å². The van der Waals surface area contributed by atoms with Crippen LogP contribution in [0.25, 0.3) is 0 Å². The molecule has 2 amide bonds. The van der Waals surface area contributed by atoms with Crippen molar-refractivity contribution in [2.45, 2.75) is 46.0 Å². The zero-order valence-corrected chi connectivity index (χ0v) is 18.3. The molecule has 3 N–H and O–H groups in total. The van der Waals surface area contributed by atoms with Crippen molar-refractivity contribution in [1.29, 1.82) is 0 Å². The summed E-state index contributed by atoms with van der Waals surface area (Å²) >= 11 is 0. The number of aromatic nitrogens is 2. The molecule has 30 heavy (non-hydrogen) atoms. The van der Waals surface area contributed by atoms with Crippen molar-refractivity contribution >= 4 is 24.1 Å². The van der Waals surface area contributed by atoms with E-state index in [0.29, 0.717) is 23.8 Å². The molecule has 1 aromatic rings. The third-order valence-corrected chi connectivity index (χ3v) is 5.31. The Balaban J connectivity index is 2.03. The van der Waals surface area contributed by atoms with Gasteiger partial charge >= 0.3 is 0 Å². The van der Waals surface area contributed by atoms with Crippen LogP contribution >= 0.6 is 0 Å². The van der Waals surface area contributed by atoms with E-state index in [1.807, 2.05) is 13.0 Å². The molecule has 10 nitrogen and oxygen atoms in total. The van der Waals surface area contributed by atoms with Gasteiger partial charge in [0, 0.05) is 37.9 Å². The van der Waals surface area contributed by atoms with Gasteiger partial charge in [-0.2, -0.15) is 4.98 Å².